The van der Waals surface area contributed by atoms with E-state index in [1.54, 1.807) is 7.05 Å². The van der Waals surface area contributed by atoms with E-state index in [9.17, 15) is 4.79 Å². The highest BCUT2D eigenvalue weighted by molar-refractivity contribution is 14.0. The van der Waals surface area contributed by atoms with Crippen LogP contribution < -0.4 is 16.0 Å². The molecule has 1 aromatic heterocycles. The number of nitrogens with one attached hydrogen (secondary N) is 4. The van der Waals surface area contributed by atoms with Crippen LogP contribution in [0.2, 0.25) is 0 Å². The number of para-hydroxylation sites is 1. The minimum atomic E-state index is -0.0348. The minimum Gasteiger partial charge on any atom is -0.361 e. The van der Waals surface area contributed by atoms with Gasteiger partial charge < -0.3 is 20.9 Å². The number of amides is 1. The van der Waals surface area contributed by atoms with Gasteiger partial charge in [-0.3, -0.25) is 9.79 Å². The number of aromatic nitrogens is 1. The van der Waals surface area contributed by atoms with Crippen LogP contribution in [0.1, 0.15) is 41.8 Å². The standard InChI is InChI=1S/C24H31N5O.HI/c1-4-17(2)29-23(30)19-9-7-8-18(14-19)15-28-24(25-3)26-13-12-20-16-27-22-11-6-5-10-21(20)22;/h5-11,14,16-17,27H,4,12-13,15H2,1-3H3,(H,29,30)(H2,25,26,28);1H. The van der Waals surface area contributed by atoms with E-state index in [0.717, 1.165) is 36.4 Å². The second-order valence-corrected chi connectivity index (χ2v) is 7.45. The number of hydrogen-bond acceptors (Lipinski definition) is 2. The quantitative estimate of drug-likeness (QED) is 0.199. The Labute approximate surface area is 201 Å². The summed E-state index contributed by atoms with van der Waals surface area (Å²) in [6, 6.07) is 16.2. The molecule has 2 aromatic carbocycles. The van der Waals surface area contributed by atoms with Gasteiger partial charge in [-0.15, -0.1) is 24.0 Å². The molecule has 0 bridgehead atoms. The van der Waals surface area contributed by atoms with E-state index in [1.165, 1.54) is 10.9 Å². The lowest BCUT2D eigenvalue weighted by molar-refractivity contribution is 0.0939. The second-order valence-electron chi connectivity index (χ2n) is 7.45. The van der Waals surface area contributed by atoms with E-state index in [4.69, 9.17) is 0 Å². The summed E-state index contributed by atoms with van der Waals surface area (Å²) in [6.45, 7) is 5.44. The Morgan fingerprint density at radius 2 is 1.94 bits per heavy atom. The molecule has 1 unspecified atom stereocenters. The Morgan fingerprint density at radius 1 is 1.13 bits per heavy atom. The monoisotopic (exact) mass is 533 g/mol. The lowest BCUT2D eigenvalue weighted by atomic mass is 10.1. The predicted molar refractivity (Wildman–Crippen MR) is 139 cm³/mol. The minimum absolute atomic E-state index is 0. The number of carbonyl (C=O) groups excluding carboxylic acids is 1. The molecule has 0 fully saturated rings. The highest BCUT2D eigenvalue weighted by Gasteiger charge is 2.09. The molecule has 0 aliphatic rings. The smallest absolute Gasteiger partial charge is 0.251 e. The molecule has 0 aliphatic carbocycles. The van der Waals surface area contributed by atoms with Crippen molar-refractivity contribution in [3.63, 3.8) is 0 Å². The highest BCUT2D eigenvalue weighted by atomic mass is 127. The van der Waals surface area contributed by atoms with Gasteiger partial charge in [-0.1, -0.05) is 37.3 Å². The van der Waals surface area contributed by atoms with Crippen LogP contribution in [-0.4, -0.2) is 36.5 Å². The van der Waals surface area contributed by atoms with E-state index >= 15 is 0 Å². The Kier molecular flexibility index (Phi) is 9.84. The molecular formula is C24H32IN5O. The molecule has 0 spiro atoms. The van der Waals surface area contributed by atoms with E-state index in [1.807, 2.05) is 37.3 Å². The summed E-state index contributed by atoms with van der Waals surface area (Å²) < 4.78 is 0. The van der Waals surface area contributed by atoms with Gasteiger partial charge in [-0.25, -0.2) is 0 Å². The van der Waals surface area contributed by atoms with Crippen molar-refractivity contribution in [3.8, 4) is 0 Å². The first-order valence-electron chi connectivity index (χ1n) is 10.5. The van der Waals surface area contributed by atoms with Crippen LogP contribution in [0.5, 0.6) is 0 Å². The number of H-pyrrole nitrogens is 1. The van der Waals surface area contributed by atoms with Crippen molar-refractivity contribution in [3.05, 3.63) is 71.4 Å². The Morgan fingerprint density at radius 3 is 2.71 bits per heavy atom. The molecule has 3 aromatic rings. The first kappa shape index (κ1) is 24.7. The summed E-state index contributed by atoms with van der Waals surface area (Å²) >= 11 is 0. The lowest BCUT2D eigenvalue weighted by Crippen LogP contribution is -2.38. The maximum atomic E-state index is 12.3. The second kappa shape index (κ2) is 12.3. The number of aromatic amines is 1. The van der Waals surface area contributed by atoms with Gasteiger partial charge in [0.2, 0.25) is 0 Å². The van der Waals surface area contributed by atoms with Crippen molar-refractivity contribution in [1.82, 2.24) is 20.9 Å². The van der Waals surface area contributed by atoms with E-state index in [-0.39, 0.29) is 35.9 Å². The zero-order valence-corrected chi connectivity index (χ0v) is 20.7. The topological polar surface area (TPSA) is 81.3 Å². The third-order valence-corrected chi connectivity index (χ3v) is 5.22. The number of nitrogens with zero attached hydrogens (tertiary/aromatic N) is 1. The number of aliphatic imine (C=N–C) groups is 1. The molecule has 3 rings (SSSR count). The summed E-state index contributed by atoms with van der Waals surface area (Å²) in [6.07, 6.45) is 3.88. The van der Waals surface area contributed by atoms with Gasteiger partial charge >= 0.3 is 0 Å². The number of carbonyl (C=O) groups is 1. The third kappa shape index (κ3) is 6.99. The lowest BCUT2D eigenvalue weighted by Gasteiger charge is -2.14. The molecular weight excluding hydrogens is 501 g/mol. The van der Waals surface area contributed by atoms with Gasteiger partial charge in [0.05, 0.1) is 0 Å². The van der Waals surface area contributed by atoms with E-state index < -0.39 is 0 Å². The summed E-state index contributed by atoms with van der Waals surface area (Å²) in [5.41, 5.74) is 4.16. The van der Waals surface area contributed by atoms with Crippen LogP contribution in [0.25, 0.3) is 10.9 Å². The molecule has 1 amide bonds. The van der Waals surface area contributed by atoms with Crippen LogP contribution >= 0.6 is 24.0 Å². The average Bonchev–Trinajstić information content (AvgIpc) is 3.19. The molecule has 0 radical (unpaired) electrons. The Hall–Kier alpha value is -2.55. The fraction of sp³-hybridized carbons (Fsp3) is 0.333. The van der Waals surface area contributed by atoms with Gasteiger partial charge in [0.1, 0.15) is 0 Å². The molecule has 1 atom stereocenters. The number of hydrogen-bond donors (Lipinski definition) is 4. The van der Waals surface area contributed by atoms with E-state index in [0.29, 0.717) is 12.1 Å². The molecule has 166 valence electrons. The molecule has 1 heterocycles. The third-order valence-electron chi connectivity index (χ3n) is 5.22. The Bertz CT molecular complexity index is 1010. The van der Waals surface area contributed by atoms with Gasteiger partial charge in [0.25, 0.3) is 5.91 Å². The van der Waals surface area contributed by atoms with Crippen molar-refractivity contribution in [1.29, 1.82) is 0 Å². The van der Waals surface area contributed by atoms with Crippen LogP contribution in [0.3, 0.4) is 0 Å². The normalized spacial score (nSPS) is 12.2. The predicted octanol–water partition coefficient (Wildman–Crippen LogP) is 4.22. The SMILES string of the molecule is CCC(C)NC(=O)c1cccc(CNC(=NC)NCCc2c[nH]c3ccccc23)c1.I. The first-order chi connectivity index (χ1) is 14.6. The van der Waals surface area contributed by atoms with Crippen molar-refractivity contribution in [2.45, 2.75) is 39.3 Å². The fourth-order valence-electron chi connectivity index (χ4n) is 3.29. The maximum absolute atomic E-state index is 12.3. The summed E-state index contributed by atoms with van der Waals surface area (Å²) in [4.78, 5) is 19.9. The number of rotatable bonds is 8. The zero-order chi connectivity index (χ0) is 21.3. The number of fused-ring (bicyclic) bond motifs is 1. The van der Waals surface area contributed by atoms with Gasteiger partial charge in [-0.05, 0) is 49.1 Å². The molecule has 0 saturated carbocycles. The van der Waals surface area contributed by atoms with Crippen molar-refractivity contribution in [2.75, 3.05) is 13.6 Å². The molecule has 7 heteroatoms. The molecule has 6 nitrogen and oxygen atoms in total. The number of halogens is 1. The number of benzene rings is 2. The number of guanidine groups is 1. The van der Waals surface area contributed by atoms with Crippen LogP contribution in [0.4, 0.5) is 0 Å². The van der Waals surface area contributed by atoms with Crippen LogP contribution in [0, 0.1) is 0 Å². The Balaban J connectivity index is 0.00000341. The van der Waals surface area contributed by atoms with Crippen molar-refractivity contribution in [2.24, 2.45) is 4.99 Å². The van der Waals surface area contributed by atoms with E-state index in [2.05, 4.69) is 57.2 Å². The summed E-state index contributed by atoms with van der Waals surface area (Å²) in [7, 11) is 1.76. The van der Waals surface area contributed by atoms with Gasteiger partial charge in [0, 0.05) is 48.8 Å². The summed E-state index contributed by atoms with van der Waals surface area (Å²) in [5, 5.41) is 10.9. The molecule has 0 saturated heterocycles. The first-order valence-corrected chi connectivity index (χ1v) is 10.5. The summed E-state index contributed by atoms with van der Waals surface area (Å²) in [5.74, 6) is 0.705. The van der Waals surface area contributed by atoms with Crippen LogP contribution in [0.15, 0.2) is 59.7 Å². The highest BCUT2D eigenvalue weighted by Crippen LogP contribution is 2.17. The molecule has 31 heavy (non-hydrogen) atoms. The maximum Gasteiger partial charge on any atom is 0.251 e. The van der Waals surface area contributed by atoms with Crippen LogP contribution in [-0.2, 0) is 13.0 Å². The van der Waals surface area contributed by atoms with Crippen molar-refractivity contribution >= 4 is 46.7 Å². The largest absolute Gasteiger partial charge is 0.361 e. The molecule has 4 N–H and O–H groups in total. The van der Waals surface area contributed by atoms with Gasteiger partial charge in [-0.2, -0.15) is 0 Å². The molecule has 0 aliphatic heterocycles. The fourth-order valence-corrected chi connectivity index (χ4v) is 3.29. The average molecular weight is 533 g/mol. The van der Waals surface area contributed by atoms with Gasteiger partial charge in [0.15, 0.2) is 5.96 Å². The zero-order valence-electron chi connectivity index (χ0n) is 18.4. The van der Waals surface area contributed by atoms with Crippen molar-refractivity contribution < 1.29 is 4.79 Å².